The van der Waals surface area contributed by atoms with Crippen LogP contribution in [0.2, 0.25) is 0 Å². The molecule has 0 aromatic heterocycles. The summed E-state index contributed by atoms with van der Waals surface area (Å²) in [6.07, 6.45) is -9.73. The minimum Gasteiger partial charge on any atom is -0.394 e. The highest BCUT2D eigenvalue weighted by Crippen LogP contribution is 2.10. The molecule has 11 nitrogen and oxygen atoms in total. The van der Waals surface area contributed by atoms with Gasteiger partial charge in [-0.1, -0.05) is 30.3 Å². The van der Waals surface area contributed by atoms with Crippen LogP contribution in [0.4, 0.5) is 0 Å². The van der Waals surface area contributed by atoms with E-state index in [1.165, 1.54) is 0 Å². The Morgan fingerprint density at radius 3 is 1.77 bits per heavy atom. The molecule has 0 saturated carbocycles. The first-order valence-corrected chi connectivity index (χ1v) is 9.07. The molecule has 1 aromatic rings. The molecule has 1 aromatic carbocycles. The van der Waals surface area contributed by atoms with Gasteiger partial charge in [-0.2, -0.15) is 0 Å². The van der Waals surface area contributed by atoms with Crippen molar-refractivity contribution < 1.29 is 55.2 Å². The zero-order valence-electron chi connectivity index (χ0n) is 16.2. The van der Waals surface area contributed by atoms with Crippen molar-refractivity contribution in [2.24, 2.45) is 0 Å². The Bertz CT molecular complexity index is 571. The minimum absolute atomic E-state index is 0.0866. The highest BCUT2D eigenvalue weighted by molar-refractivity contribution is 5.57. The quantitative estimate of drug-likeness (QED) is 0.143. The topological polar surface area (TPSA) is 205 Å². The standard InChI is InChI=1S/C13H18O6.C6H12O5/c14-6-10(16)12(17)13(18)11(7-15)19-8-9-4-2-1-3-5-9;7-2-1-4(9)6(11)5(10)3-8/h1-5,7,10-14,16-18H,6,8H2;2,4-6,8-11H,1,3H2. The molecule has 0 aliphatic carbocycles. The number of hydrogen-bond acceptors (Lipinski definition) is 11. The van der Waals surface area contributed by atoms with Crippen LogP contribution >= 0.6 is 0 Å². The van der Waals surface area contributed by atoms with Crippen LogP contribution in [0, 0.1) is 0 Å². The fraction of sp³-hybridized carbons (Fsp3) is 0.579. The van der Waals surface area contributed by atoms with Crippen LogP contribution in [-0.4, -0.2) is 109 Å². The molecule has 7 unspecified atom stereocenters. The van der Waals surface area contributed by atoms with Gasteiger partial charge in [0.1, 0.15) is 42.9 Å². The summed E-state index contributed by atoms with van der Waals surface area (Å²) < 4.78 is 5.18. The van der Waals surface area contributed by atoms with Gasteiger partial charge in [0.25, 0.3) is 0 Å². The maximum Gasteiger partial charge on any atom is 0.151 e. The third kappa shape index (κ3) is 10.3. The summed E-state index contributed by atoms with van der Waals surface area (Å²) in [4.78, 5) is 20.7. The Labute approximate surface area is 173 Å². The van der Waals surface area contributed by atoms with Gasteiger partial charge in [0.15, 0.2) is 6.29 Å². The third-order valence-electron chi connectivity index (χ3n) is 4.00. The molecule has 0 aliphatic heterocycles. The van der Waals surface area contributed by atoms with Crippen molar-refractivity contribution in [3.05, 3.63) is 35.9 Å². The van der Waals surface area contributed by atoms with E-state index < -0.39 is 55.9 Å². The van der Waals surface area contributed by atoms with Gasteiger partial charge in [-0.3, -0.25) is 0 Å². The first-order valence-electron chi connectivity index (χ1n) is 9.07. The van der Waals surface area contributed by atoms with Crippen molar-refractivity contribution in [2.75, 3.05) is 13.2 Å². The van der Waals surface area contributed by atoms with E-state index in [1.807, 2.05) is 6.07 Å². The number of carbonyl (C=O) groups is 2. The molecule has 0 radical (unpaired) electrons. The average Bonchev–Trinajstić information content (AvgIpc) is 2.78. The van der Waals surface area contributed by atoms with Crippen LogP contribution in [0.3, 0.4) is 0 Å². The monoisotopic (exact) mass is 434 g/mol. The summed E-state index contributed by atoms with van der Waals surface area (Å²) in [5.74, 6) is 0. The normalized spacial score (nSPS) is 18.0. The predicted molar refractivity (Wildman–Crippen MR) is 102 cm³/mol. The highest BCUT2D eigenvalue weighted by Gasteiger charge is 2.31. The van der Waals surface area contributed by atoms with Crippen molar-refractivity contribution in [1.29, 1.82) is 0 Å². The van der Waals surface area contributed by atoms with Gasteiger partial charge in [0.2, 0.25) is 0 Å². The number of rotatable bonds is 13. The summed E-state index contributed by atoms with van der Waals surface area (Å²) in [7, 11) is 0. The van der Waals surface area contributed by atoms with E-state index in [1.54, 1.807) is 24.3 Å². The second kappa shape index (κ2) is 16.0. The van der Waals surface area contributed by atoms with Crippen molar-refractivity contribution >= 4 is 12.6 Å². The molecule has 0 aliphatic rings. The van der Waals surface area contributed by atoms with E-state index in [0.717, 1.165) is 5.56 Å². The number of ether oxygens (including phenoxy) is 1. The van der Waals surface area contributed by atoms with Crippen LogP contribution in [-0.2, 0) is 20.9 Å². The zero-order valence-corrected chi connectivity index (χ0v) is 16.2. The third-order valence-corrected chi connectivity index (χ3v) is 4.00. The summed E-state index contributed by atoms with van der Waals surface area (Å²) in [5.41, 5.74) is 0.804. The second-order valence-electron chi connectivity index (χ2n) is 6.34. The molecule has 1 rings (SSSR count). The van der Waals surface area contributed by atoms with Gasteiger partial charge in [0.05, 0.1) is 25.9 Å². The van der Waals surface area contributed by atoms with E-state index in [-0.39, 0.29) is 13.0 Å². The fourth-order valence-corrected chi connectivity index (χ4v) is 2.12. The Morgan fingerprint density at radius 1 is 0.767 bits per heavy atom. The smallest absolute Gasteiger partial charge is 0.151 e. The number of benzene rings is 1. The number of hydrogen-bond donors (Lipinski definition) is 8. The van der Waals surface area contributed by atoms with Crippen LogP contribution < -0.4 is 0 Å². The van der Waals surface area contributed by atoms with Gasteiger partial charge in [-0.05, 0) is 5.56 Å². The van der Waals surface area contributed by atoms with Crippen LogP contribution in [0.25, 0.3) is 0 Å². The van der Waals surface area contributed by atoms with E-state index in [9.17, 15) is 24.9 Å². The van der Waals surface area contributed by atoms with Crippen LogP contribution in [0.15, 0.2) is 30.3 Å². The van der Waals surface area contributed by atoms with Gasteiger partial charge in [-0.25, -0.2) is 0 Å². The fourth-order valence-electron chi connectivity index (χ4n) is 2.12. The molecule has 172 valence electrons. The Balaban J connectivity index is 0.000000654. The maximum absolute atomic E-state index is 10.8. The van der Waals surface area contributed by atoms with Crippen molar-refractivity contribution in [3.8, 4) is 0 Å². The van der Waals surface area contributed by atoms with Gasteiger partial charge < -0.3 is 55.2 Å². The summed E-state index contributed by atoms with van der Waals surface area (Å²) in [5, 5.41) is 71.9. The molecule has 0 amide bonds. The minimum atomic E-state index is -1.66. The largest absolute Gasteiger partial charge is 0.394 e. The lowest BCUT2D eigenvalue weighted by Gasteiger charge is -2.25. The SMILES string of the molecule is O=CC(OCc1ccccc1)C(O)C(O)C(O)CO.O=CCC(O)C(O)C(O)CO. The van der Waals surface area contributed by atoms with E-state index in [4.69, 9.17) is 30.3 Å². The van der Waals surface area contributed by atoms with Gasteiger partial charge in [-0.15, -0.1) is 0 Å². The lowest BCUT2D eigenvalue weighted by molar-refractivity contribution is -0.147. The summed E-state index contributed by atoms with van der Waals surface area (Å²) in [6.45, 7) is -1.27. The lowest BCUT2D eigenvalue weighted by Crippen LogP contribution is -2.47. The molecular formula is C19H30O11. The molecule has 0 bridgehead atoms. The molecule has 0 heterocycles. The molecular weight excluding hydrogens is 404 g/mol. The molecule has 7 atom stereocenters. The van der Waals surface area contributed by atoms with Gasteiger partial charge in [0, 0.05) is 6.42 Å². The second-order valence-corrected chi connectivity index (χ2v) is 6.34. The predicted octanol–water partition coefficient (Wildman–Crippen LogP) is -3.50. The van der Waals surface area contributed by atoms with Crippen LogP contribution in [0.5, 0.6) is 0 Å². The number of aliphatic hydroxyl groups is 8. The number of carbonyl (C=O) groups excluding carboxylic acids is 2. The molecule has 0 spiro atoms. The Kier molecular flexibility index (Phi) is 15.0. The number of aliphatic hydroxyl groups excluding tert-OH is 8. The Hall–Kier alpha value is -1.80. The molecule has 11 heteroatoms. The van der Waals surface area contributed by atoms with E-state index in [0.29, 0.717) is 12.6 Å². The maximum atomic E-state index is 10.8. The average molecular weight is 434 g/mol. The van der Waals surface area contributed by atoms with Gasteiger partial charge >= 0.3 is 0 Å². The first-order chi connectivity index (χ1) is 14.2. The molecule has 0 fully saturated rings. The lowest BCUT2D eigenvalue weighted by atomic mass is 10.0. The van der Waals surface area contributed by atoms with Crippen molar-refractivity contribution in [3.63, 3.8) is 0 Å². The highest BCUT2D eigenvalue weighted by atomic mass is 16.5. The molecule has 8 N–H and O–H groups in total. The molecule has 30 heavy (non-hydrogen) atoms. The van der Waals surface area contributed by atoms with Crippen LogP contribution in [0.1, 0.15) is 12.0 Å². The summed E-state index contributed by atoms with van der Waals surface area (Å²) >= 11 is 0. The van der Waals surface area contributed by atoms with E-state index >= 15 is 0 Å². The Morgan fingerprint density at radius 2 is 1.30 bits per heavy atom. The molecule has 0 saturated heterocycles. The number of aldehydes is 2. The van der Waals surface area contributed by atoms with Crippen molar-refractivity contribution in [1.82, 2.24) is 0 Å². The van der Waals surface area contributed by atoms with E-state index in [2.05, 4.69) is 0 Å². The summed E-state index contributed by atoms with van der Waals surface area (Å²) in [6, 6.07) is 9.00. The van der Waals surface area contributed by atoms with Crippen molar-refractivity contribution in [2.45, 2.75) is 55.8 Å². The first kappa shape index (κ1) is 28.2. The zero-order chi connectivity index (χ0) is 23.1.